The Bertz CT molecular complexity index is 1030. The average molecular weight is 468 g/mol. The number of nitrogens with one attached hydrogen (secondary N) is 1. The molecule has 0 unspecified atom stereocenters. The van der Waals surface area contributed by atoms with Crippen LogP contribution in [0, 0.1) is 5.92 Å². The molecule has 2 aromatic rings. The van der Waals surface area contributed by atoms with Crippen molar-refractivity contribution in [3.63, 3.8) is 0 Å². The average Bonchev–Trinajstić information content (AvgIpc) is 2.74. The molecule has 7 nitrogen and oxygen atoms in total. The second-order valence-electron chi connectivity index (χ2n) is 7.99. The van der Waals surface area contributed by atoms with E-state index in [1.54, 1.807) is 24.4 Å². The van der Waals surface area contributed by atoms with Crippen molar-refractivity contribution >= 4 is 40.7 Å². The molecule has 0 saturated carbocycles. The number of hydrogen-bond donors (Lipinski definition) is 1. The smallest absolute Gasteiger partial charge is 0.366 e. The zero-order valence-electron chi connectivity index (χ0n) is 17.2. The first kappa shape index (κ1) is 22.3. The highest BCUT2D eigenvalue weighted by Crippen LogP contribution is 2.41. The lowest BCUT2D eigenvalue weighted by Crippen LogP contribution is -2.56. The number of aromatic nitrogens is 2. The van der Waals surface area contributed by atoms with Gasteiger partial charge in [-0.2, -0.15) is 13.2 Å². The molecule has 2 aliphatic heterocycles. The molecule has 1 saturated heterocycles. The van der Waals surface area contributed by atoms with Crippen LogP contribution < -0.4 is 15.1 Å². The lowest BCUT2D eigenvalue weighted by molar-refractivity contribution is -0.168. The van der Waals surface area contributed by atoms with Crippen LogP contribution in [0.4, 0.5) is 35.3 Å². The number of piperidine rings is 1. The Balaban J connectivity index is 1.70. The number of anilines is 3. The van der Waals surface area contributed by atoms with Gasteiger partial charge in [0.15, 0.2) is 11.6 Å². The number of carbonyl (C=O) groups is 2. The maximum Gasteiger partial charge on any atom is 0.391 e. The van der Waals surface area contributed by atoms with Crippen molar-refractivity contribution in [3.05, 3.63) is 41.2 Å². The number of urea groups is 1. The van der Waals surface area contributed by atoms with Gasteiger partial charge in [0.2, 0.25) is 0 Å². The van der Waals surface area contributed by atoms with Gasteiger partial charge in [-0.1, -0.05) is 24.6 Å². The molecule has 4 heterocycles. The van der Waals surface area contributed by atoms with Gasteiger partial charge in [0, 0.05) is 25.7 Å². The van der Waals surface area contributed by atoms with Crippen molar-refractivity contribution in [1.29, 1.82) is 0 Å². The van der Waals surface area contributed by atoms with E-state index in [9.17, 15) is 22.8 Å². The second-order valence-corrected chi connectivity index (χ2v) is 8.40. The van der Waals surface area contributed by atoms with E-state index in [0.29, 0.717) is 18.1 Å². The third kappa shape index (κ3) is 4.36. The van der Waals surface area contributed by atoms with Crippen molar-refractivity contribution in [2.24, 2.45) is 5.92 Å². The first-order chi connectivity index (χ1) is 15.1. The molecular formula is C21H21ClF3N5O2. The molecule has 2 bridgehead atoms. The summed E-state index contributed by atoms with van der Waals surface area (Å²) in [5, 5.41) is 2.69. The normalized spacial score (nSPS) is 18.7. The van der Waals surface area contributed by atoms with Crippen molar-refractivity contribution in [3.8, 4) is 0 Å². The predicted molar refractivity (Wildman–Crippen MR) is 114 cm³/mol. The fourth-order valence-electron chi connectivity index (χ4n) is 3.99. The lowest BCUT2D eigenvalue weighted by Gasteiger charge is -2.45. The summed E-state index contributed by atoms with van der Waals surface area (Å²) in [7, 11) is 0. The SMILES string of the molecule is C[C@@H](CC(=O)c1nc2c(cc1Cl)N1CCC[C@@H](C1)N2C(=O)Nc1ccccn1)C(F)(F)F. The summed E-state index contributed by atoms with van der Waals surface area (Å²) in [6, 6.07) is 5.91. The molecule has 2 aromatic heterocycles. The van der Waals surface area contributed by atoms with Crippen LogP contribution in [0.15, 0.2) is 30.5 Å². The molecule has 1 fully saturated rings. The Morgan fingerprint density at radius 1 is 1.34 bits per heavy atom. The minimum atomic E-state index is -4.51. The van der Waals surface area contributed by atoms with Crippen molar-refractivity contribution in [1.82, 2.24) is 9.97 Å². The fraction of sp³-hybridized carbons (Fsp3) is 0.429. The molecule has 2 amide bonds. The number of ketones is 1. The minimum absolute atomic E-state index is 0.0303. The number of nitrogens with zero attached hydrogens (tertiary/aromatic N) is 4. The molecule has 1 N–H and O–H groups in total. The summed E-state index contributed by atoms with van der Waals surface area (Å²) < 4.78 is 38.9. The second kappa shape index (κ2) is 8.57. The summed E-state index contributed by atoms with van der Waals surface area (Å²) in [6.45, 7) is 2.24. The zero-order valence-corrected chi connectivity index (χ0v) is 18.0. The quantitative estimate of drug-likeness (QED) is 0.645. The molecule has 0 aliphatic carbocycles. The summed E-state index contributed by atoms with van der Waals surface area (Å²) in [4.78, 5) is 37.7. The molecule has 2 aliphatic rings. The van der Waals surface area contributed by atoms with Gasteiger partial charge in [-0.25, -0.2) is 14.8 Å². The topological polar surface area (TPSA) is 78.4 Å². The van der Waals surface area contributed by atoms with Crippen LogP contribution in [0.5, 0.6) is 0 Å². The van der Waals surface area contributed by atoms with Crippen molar-refractivity contribution in [2.75, 3.05) is 28.2 Å². The van der Waals surface area contributed by atoms with Gasteiger partial charge in [-0.15, -0.1) is 0 Å². The Morgan fingerprint density at radius 3 is 2.81 bits per heavy atom. The van der Waals surface area contributed by atoms with Crippen LogP contribution in [0.25, 0.3) is 0 Å². The number of amides is 2. The summed E-state index contributed by atoms with van der Waals surface area (Å²) in [5.41, 5.74) is 0.306. The van der Waals surface area contributed by atoms with E-state index < -0.39 is 30.3 Å². The largest absolute Gasteiger partial charge is 0.391 e. The van der Waals surface area contributed by atoms with E-state index in [2.05, 4.69) is 15.3 Å². The molecule has 4 rings (SSSR count). The first-order valence-corrected chi connectivity index (χ1v) is 10.6. The van der Waals surface area contributed by atoms with Gasteiger partial charge in [-0.05, 0) is 31.0 Å². The summed E-state index contributed by atoms with van der Waals surface area (Å²) in [6.07, 6.45) is -2.17. The number of alkyl halides is 3. The number of fused-ring (bicyclic) bond motifs is 4. The van der Waals surface area contributed by atoms with Crippen molar-refractivity contribution in [2.45, 2.75) is 38.4 Å². The zero-order chi connectivity index (χ0) is 23.0. The maximum absolute atomic E-state index is 13.2. The van der Waals surface area contributed by atoms with Crippen molar-refractivity contribution < 1.29 is 22.8 Å². The number of pyridine rings is 2. The Hall–Kier alpha value is -2.88. The van der Waals surface area contributed by atoms with Gasteiger partial charge in [0.1, 0.15) is 11.5 Å². The standard InChI is InChI=1S/C21H21ClF3N5O2/c1-12(21(23,24)25)9-16(31)18-14(22)10-15-19(28-18)30(13-5-4-8-29(15)11-13)20(32)27-17-6-2-3-7-26-17/h2-3,6-7,10,12-13H,4-5,8-9,11H2,1H3,(H,26,27,32)/t12-,13-/m0/s1. The Kier molecular flexibility index (Phi) is 5.98. The van der Waals surface area contributed by atoms with Gasteiger partial charge >= 0.3 is 12.2 Å². The van der Waals surface area contributed by atoms with Gasteiger partial charge < -0.3 is 4.90 Å². The first-order valence-electron chi connectivity index (χ1n) is 10.2. The maximum atomic E-state index is 13.2. The van der Waals surface area contributed by atoms with Crippen LogP contribution in [-0.4, -0.2) is 47.1 Å². The molecule has 0 radical (unpaired) electrons. The molecule has 11 heteroatoms. The molecule has 0 aromatic carbocycles. The number of carbonyl (C=O) groups excluding carboxylic acids is 2. The van der Waals surface area contributed by atoms with Crippen LogP contribution in [0.1, 0.15) is 36.7 Å². The molecule has 170 valence electrons. The summed E-state index contributed by atoms with van der Waals surface area (Å²) >= 11 is 6.27. The highest BCUT2D eigenvalue weighted by molar-refractivity contribution is 6.34. The van der Waals surface area contributed by atoms with Crippen LogP contribution in [0.3, 0.4) is 0 Å². The number of rotatable bonds is 4. The summed E-state index contributed by atoms with van der Waals surface area (Å²) in [5.74, 6) is -2.10. The molecule has 0 spiro atoms. The van der Waals surface area contributed by atoms with Gasteiger partial charge in [0.25, 0.3) is 0 Å². The van der Waals surface area contributed by atoms with E-state index >= 15 is 0 Å². The monoisotopic (exact) mass is 467 g/mol. The van der Waals surface area contributed by atoms with Crippen LogP contribution in [-0.2, 0) is 0 Å². The van der Waals surface area contributed by atoms with Crippen LogP contribution >= 0.6 is 11.6 Å². The van der Waals surface area contributed by atoms with E-state index in [1.807, 2.05) is 4.90 Å². The Morgan fingerprint density at radius 2 is 2.12 bits per heavy atom. The minimum Gasteiger partial charge on any atom is -0.366 e. The third-order valence-electron chi connectivity index (χ3n) is 5.70. The number of hydrogen-bond acceptors (Lipinski definition) is 5. The van der Waals surface area contributed by atoms with Crippen LogP contribution in [0.2, 0.25) is 5.02 Å². The van der Waals surface area contributed by atoms with E-state index in [1.165, 1.54) is 11.0 Å². The van der Waals surface area contributed by atoms with Gasteiger partial charge in [-0.3, -0.25) is 15.0 Å². The number of halogens is 4. The highest BCUT2D eigenvalue weighted by Gasteiger charge is 2.41. The van der Waals surface area contributed by atoms with Gasteiger partial charge in [0.05, 0.1) is 22.7 Å². The lowest BCUT2D eigenvalue weighted by atomic mass is 9.98. The Labute approximate surface area is 187 Å². The molecular weight excluding hydrogens is 447 g/mol. The molecule has 2 atom stereocenters. The fourth-order valence-corrected chi connectivity index (χ4v) is 4.24. The molecule has 32 heavy (non-hydrogen) atoms. The van der Waals surface area contributed by atoms with E-state index in [4.69, 9.17) is 11.6 Å². The van der Waals surface area contributed by atoms with E-state index in [-0.39, 0.29) is 22.6 Å². The highest BCUT2D eigenvalue weighted by atomic mass is 35.5. The predicted octanol–water partition coefficient (Wildman–Crippen LogP) is 4.92. The number of Topliss-reactive ketones (excluding diaryl/α,β-unsaturated/α-hetero) is 1. The third-order valence-corrected chi connectivity index (χ3v) is 5.99. The van der Waals surface area contributed by atoms with E-state index in [0.717, 1.165) is 26.3 Å².